The van der Waals surface area contributed by atoms with E-state index in [2.05, 4.69) is 25.7 Å². The summed E-state index contributed by atoms with van der Waals surface area (Å²) in [6, 6.07) is 0. The standard InChI is InChI=1S/C12H27NO2/c1-4-12(5-2,11-15)10-13(6-3)8-7-9-14/h14-15H,4-11H2,1-3H3. The van der Waals surface area contributed by atoms with E-state index in [1.807, 2.05) is 0 Å². The van der Waals surface area contributed by atoms with Crippen LogP contribution in [0.1, 0.15) is 40.0 Å². The van der Waals surface area contributed by atoms with E-state index in [1.165, 1.54) is 0 Å². The Hall–Kier alpha value is -0.120. The molecule has 0 atom stereocenters. The molecule has 0 saturated carbocycles. The van der Waals surface area contributed by atoms with Crippen molar-refractivity contribution in [2.75, 3.05) is 32.8 Å². The van der Waals surface area contributed by atoms with Crippen molar-refractivity contribution < 1.29 is 10.2 Å². The summed E-state index contributed by atoms with van der Waals surface area (Å²) in [6.45, 7) is 9.77. The molecule has 3 nitrogen and oxygen atoms in total. The van der Waals surface area contributed by atoms with Crippen molar-refractivity contribution in [1.82, 2.24) is 4.90 Å². The molecule has 0 aromatic carbocycles. The van der Waals surface area contributed by atoms with Crippen LogP contribution in [-0.2, 0) is 0 Å². The van der Waals surface area contributed by atoms with E-state index >= 15 is 0 Å². The normalized spacial score (nSPS) is 12.4. The monoisotopic (exact) mass is 217 g/mol. The zero-order valence-corrected chi connectivity index (χ0v) is 10.5. The highest BCUT2D eigenvalue weighted by Gasteiger charge is 2.27. The molecular weight excluding hydrogens is 190 g/mol. The molecule has 0 bridgehead atoms. The van der Waals surface area contributed by atoms with Crippen LogP contribution in [0.3, 0.4) is 0 Å². The molecule has 0 aliphatic carbocycles. The molecule has 0 radical (unpaired) electrons. The van der Waals surface area contributed by atoms with Crippen molar-refractivity contribution in [3.8, 4) is 0 Å². The molecule has 0 aromatic heterocycles. The summed E-state index contributed by atoms with van der Waals surface area (Å²) in [7, 11) is 0. The van der Waals surface area contributed by atoms with Gasteiger partial charge in [-0.1, -0.05) is 20.8 Å². The molecule has 0 fully saturated rings. The lowest BCUT2D eigenvalue weighted by atomic mass is 9.82. The van der Waals surface area contributed by atoms with E-state index in [0.29, 0.717) is 0 Å². The second-order valence-corrected chi connectivity index (χ2v) is 4.31. The van der Waals surface area contributed by atoms with Crippen LogP contribution in [0.2, 0.25) is 0 Å². The molecule has 0 amide bonds. The number of hydrogen-bond acceptors (Lipinski definition) is 3. The summed E-state index contributed by atoms with van der Waals surface area (Å²) in [6.07, 6.45) is 2.84. The van der Waals surface area contributed by atoms with Gasteiger partial charge in [0.1, 0.15) is 0 Å². The van der Waals surface area contributed by atoms with Crippen LogP contribution >= 0.6 is 0 Å². The Balaban J connectivity index is 4.21. The minimum absolute atomic E-state index is 0.0471. The summed E-state index contributed by atoms with van der Waals surface area (Å²) >= 11 is 0. The van der Waals surface area contributed by atoms with Crippen LogP contribution in [0.15, 0.2) is 0 Å². The van der Waals surface area contributed by atoms with Gasteiger partial charge >= 0.3 is 0 Å². The van der Waals surface area contributed by atoms with E-state index in [9.17, 15) is 5.11 Å². The first kappa shape index (κ1) is 14.9. The number of hydrogen-bond donors (Lipinski definition) is 2. The third kappa shape index (κ3) is 4.96. The molecule has 92 valence electrons. The van der Waals surface area contributed by atoms with E-state index in [4.69, 9.17) is 5.11 Å². The first-order valence-electron chi connectivity index (χ1n) is 6.12. The van der Waals surface area contributed by atoms with Crippen LogP contribution in [0.25, 0.3) is 0 Å². The zero-order chi connectivity index (χ0) is 11.7. The van der Waals surface area contributed by atoms with Crippen molar-refractivity contribution >= 4 is 0 Å². The molecule has 15 heavy (non-hydrogen) atoms. The summed E-state index contributed by atoms with van der Waals surface area (Å²) in [5.41, 5.74) is 0.0471. The molecule has 0 aromatic rings. The molecular formula is C12H27NO2. The predicted octanol–water partition coefficient (Wildman–Crippen LogP) is 1.49. The lowest BCUT2D eigenvalue weighted by molar-refractivity contribution is 0.0651. The summed E-state index contributed by atoms with van der Waals surface area (Å²) in [5, 5.41) is 18.3. The second-order valence-electron chi connectivity index (χ2n) is 4.31. The van der Waals surface area contributed by atoms with Crippen molar-refractivity contribution in [2.45, 2.75) is 40.0 Å². The second kappa shape index (κ2) is 8.08. The fraction of sp³-hybridized carbons (Fsp3) is 1.00. The molecule has 2 N–H and O–H groups in total. The molecule has 3 heteroatoms. The van der Waals surface area contributed by atoms with Gasteiger partial charge in [0.2, 0.25) is 0 Å². The van der Waals surface area contributed by atoms with E-state index in [-0.39, 0.29) is 18.6 Å². The first-order chi connectivity index (χ1) is 7.17. The van der Waals surface area contributed by atoms with E-state index < -0.39 is 0 Å². The highest BCUT2D eigenvalue weighted by atomic mass is 16.3. The third-order valence-corrected chi connectivity index (χ3v) is 3.47. The van der Waals surface area contributed by atoms with Crippen LogP contribution in [0, 0.1) is 5.41 Å². The number of aliphatic hydroxyl groups excluding tert-OH is 2. The fourth-order valence-corrected chi connectivity index (χ4v) is 1.86. The molecule has 0 aliphatic rings. The Morgan fingerprint density at radius 3 is 2.00 bits per heavy atom. The largest absolute Gasteiger partial charge is 0.396 e. The highest BCUT2D eigenvalue weighted by Crippen LogP contribution is 2.26. The van der Waals surface area contributed by atoms with Crippen molar-refractivity contribution in [2.24, 2.45) is 5.41 Å². The van der Waals surface area contributed by atoms with Gasteiger partial charge in [-0.25, -0.2) is 0 Å². The number of nitrogens with zero attached hydrogens (tertiary/aromatic N) is 1. The maximum atomic E-state index is 9.47. The predicted molar refractivity (Wildman–Crippen MR) is 63.9 cm³/mol. The highest BCUT2D eigenvalue weighted by molar-refractivity contribution is 4.79. The fourth-order valence-electron chi connectivity index (χ4n) is 1.86. The molecule has 0 unspecified atom stereocenters. The molecule has 0 spiro atoms. The topological polar surface area (TPSA) is 43.7 Å². The van der Waals surface area contributed by atoms with E-state index in [0.717, 1.165) is 38.9 Å². The van der Waals surface area contributed by atoms with Crippen molar-refractivity contribution in [3.63, 3.8) is 0 Å². The van der Waals surface area contributed by atoms with Crippen LogP contribution in [0.4, 0.5) is 0 Å². The minimum Gasteiger partial charge on any atom is -0.396 e. The maximum Gasteiger partial charge on any atom is 0.0499 e. The molecule has 0 saturated heterocycles. The lowest BCUT2D eigenvalue weighted by Crippen LogP contribution is -2.40. The van der Waals surface area contributed by atoms with Gasteiger partial charge < -0.3 is 15.1 Å². The van der Waals surface area contributed by atoms with Crippen molar-refractivity contribution in [3.05, 3.63) is 0 Å². The Morgan fingerprint density at radius 2 is 1.67 bits per heavy atom. The molecule has 0 aliphatic heterocycles. The van der Waals surface area contributed by atoms with Gasteiger partial charge in [-0.05, 0) is 25.8 Å². The van der Waals surface area contributed by atoms with Gasteiger partial charge in [0.05, 0.1) is 0 Å². The maximum absolute atomic E-state index is 9.47. The van der Waals surface area contributed by atoms with Crippen LogP contribution in [0.5, 0.6) is 0 Å². The average molecular weight is 217 g/mol. The number of aliphatic hydroxyl groups is 2. The van der Waals surface area contributed by atoms with Gasteiger partial charge in [-0.15, -0.1) is 0 Å². The minimum atomic E-state index is 0.0471. The smallest absolute Gasteiger partial charge is 0.0499 e. The van der Waals surface area contributed by atoms with Gasteiger partial charge in [0.25, 0.3) is 0 Å². The average Bonchev–Trinajstić information content (AvgIpc) is 2.30. The summed E-state index contributed by atoms with van der Waals surface area (Å²) in [4.78, 5) is 2.32. The first-order valence-corrected chi connectivity index (χ1v) is 6.12. The van der Waals surface area contributed by atoms with Crippen LogP contribution < -0.4 is 0 Å². The number of rotatable bonds is 9. The van der Waals surface area contributed by atoms with Crippen molar-refractivity contribution in [1.29, 1.82) is 0 Å². The SMILES string of the molecule is CCN(CCCO)CC(CC)(CC)CO. The lowest BCUT2D eigenvalue weighted by Gasteiger charge is -2.35. The van der Waals surface area contributed by atoms with E-state index in [1.54, 1.807) is 0 Å². The zero-order valence-electron chi connectivity index (χ0n) is 10.5. The Labute approximate surface area is 94.1 Å². The van der Waals surface area contributed by atoms with Gasteiger partial charge in [-0.2, -0.15) is 0 Å². The Kier molecular flexibility index (Phi) is 8.02. The van der Waals surface area contributed by atoms with Gasteiger partial charge in [0, 0.05) is 31.7 Å². The molecule has 0 rings (SSSR count). The Bertz CT molecular complexity index is 138. The summed E-state index contributed by atoms with van der Waals surface area (Å²) < 4.78 is 0. The third-order valence-electron chi connectivity index (χ3n) is 3.47. The van der Waals surface area contributed by atoms with Crippen LogP contribution in [-0.4, -0.2) is 48.0 Å². The Morgan fingerprint density at radius 1 is 1.07 bits per heavy atom. The molecule has 0 heterocycles. The van der Waals surface area contributed by atoms with Gasteiger partial charge in [0.15, 0.2) is 0 Å². The quantitative estimate of drug-likeness (QED) is 0.615. The summed E-state index contributed by atoms with van der Waals surface area (Å²) in [5.74, 6) is 0. The van der Waals surface area contributed by atoms with Gasteiger partial charge in [-0.3, -0.25) is 0 Å².